The maximum atomic E-state index is 12.8. The van der Waals surface area contributed by atoms with Crippen molar-refractivity contribution in [1.82, 2.24) is 4.98 Å². The van der Waals surface area contributed by atoms with E-state index in [1.165, 1.54) is 4.90 Å². The highest BCUT2D eigenvalue weighted by Gasteiger charge is 2.33. The van der Waals surface area contributed by atoms with Crippen LogP contribution in [0.1, 0.15) is 22.3 Å². The fourth-order valence-corrected chi connectivity index (χ4v) is 3.98. The second kappa shape index (κ2) is 7.48. The van der Waals surface area contributed by atoms with Crippen molar-refractivity contribution in [2.45, 2.75) is 20.0 Å². The van der Waals surface area contributed by atoms with Crippen LogP contribution in [-0.4, -0.2) is 29.3 Å². The molecule has 0 radical (unpaired) electrons. The first kappa shape index (κ1) is 18.8. The van der Waals surface area contributed by atoms with Gasteiger partial charge in [0.15, 0.2) is 11.9 Å². The second-order valence-electron chi connectivity index (χ2n) is 6.55. The van der Waals surface area contributed by atoms with Gasteiger partial charge in [-0.25, -0.2) is 4.98 Å². The Morgan fingerprint density at radius 2 is 2.00 bits per heavy atom. The standard InChI is InChI=1S/C21H17BrN2O3S/c1-12-21(26)24(10-19(25)14-3-6-16(22)7-4-14)18-9-15(5-8-20(18)27-12)17-11-28-13(2)23-17/h3-9,11-12H,10H2,1-2H3. The minimum absolute atomic E-state index is 0.0410. The van der Waals surface area contributed by atoms with E-state index in [-0.39, 0.29) is 18.2 Å². The molecule has 0 saturated heterocycles. The van der Waals surface area contributed by atoms with Crippen molar-refractivity contribution in [3.8, 4) is 17.0 Å². The van der Waals surface area contributed by atoms with Crippen LogP contribution in [0.3, 0.4) is 0 Å². The third-order valence-electron chi connectivity index (χ3n) is 4.55. The molecule has 4 rings (SSSR count). The lowest BCUT2D eigenvalue weighted by molar-refractivity contribution is -0.125. The molecule has 1 unspecified atom stereocenters. The van der Waals surface area contributed by atoms with Gasteiger partial charge in [-0.3, -0.25) is 14.5 Å². The summed E-state index contributed by atoms with van der Waals surface area (Å²) in [6.07, 6.45) is -0.641. The van der Waals surface area contributed by atoms with Gasteiger partial charge in [0.2, 0.25) is 0 Å². The largest absolute Gasteiger partial charge is 0.479 e. The van der Waals surface area contributed by atoms with Crippen molar-refractivity contribution in [1.29, 1.82) is 0 Å². The zero-order valence-electron chi connectivity index (χ0n) is 15.3. The predicted molar refractivity (Wildman–Crippen MR) is 113 cm³/mol. The smallest absolute Gasteiger partial charge is 0.268 e. The number of carbonyl (C=O) groups is 2. The number of benzene rings is 2. The number of ketones is 1. The Hall–Kier alpha value is -2.51. The van der Waals surface area contributed by atoms with Gasteiger partial charge < -0.3 is 4.74 Å². The van der Waals surface area contributed by atoms with Gasteiger partial charge in [-0.15, -0.1) is 11.3 Å². The number of thiazole rings is 1. The average molecular weight is 457 g/mol. The molecule has 0 saturated carbocycles. The van der Waals surface area contributed by atoms with E-state index in [2.05, 4.69) is 20.9 Å². The topological polar surface area (TPSA) is 59.5 Å². The molecule has 0 spiro atoms. The number of hydrogen-bond acceptors (Lipinski definition) is 5. The molecular formula is C21H17BrN2O3S. The van der Waals surface area contributed by atoms with E-state index >= 15 is 0 Å². The number of rotatable bonds is 4. The average Bonchev–Trinajstić information content (AvgIpc) is 3.12. The number of aromatic nitrogens is 1. The molecule has 5 nitrogen and oxygen atoms in total. The number of amides is 1. The second-order valence-corrected chi connectivity index (χ2v) is 8.53. The molecule has 0 fully saturated rings. The summed E-state index contributed by atoms with van der Waals surface area (Å²) >= 11 is 4.93. The number of halogens is 1. The number of Topliss-reactive ketones (excluding diaryl/α,β-unsaturated/α-hetero) is 1. The third-order valence-corrected chi connectivity index (χ3v) is 5.85. The summed E-state index contributed by atoms with van der Waals surface area (Å²) in [6.45, 7) is 3.60. The van der Waals surface area contributed by atoms with Gasteiger partial charge in [-0.05, 0) is 44.2 Å². The molecular weight excluding hydrogens is 440 g/mol. The minimum atomic E-state index is -0.641. The lowest BCUT2D eigenvalue weighted by atomic mass is 10.1. The Bertz CT molecular complexity index is 1060. The van der Waals surface area contributed by atoms with Crippen molar-refractivity contribution in [3.63, 3.8) is 0 Å². The molecule has 3 aromatic rings. The summed E-state index contributed by atoms with van der Waals surface area (Å²) in [5.41, 5.74) is 2.88. The number of anilines is 1. The summed E-state index contributed by atoms with van der Waals surface area (Å²) in [5, 5.41) is 2.94. The van der Waals surface area contributed by atoms with Crippen LogP contribution in [0.15, 0.2) is 52.3 Å². The number of carbonyl (C=O) groups excluding carboxylic acids is 2. The fourth-order valence-electron chi connectivity index (χ4n) is 3.10. The van der Waals surface area contributed by atoms with Gasteiger partial charge >= 0.3 is 0 Å². The van der Waals surface area contributed by atoms with Gasteiger partial charge in [0.25, 0.3) is 5.91 Å². The van der Waals surface area contributed by atoms with E-state index in [0.29, 0.717) is 17.0 Å². The summed E-state index contributed by atoms with van der Waals surface area (Å²) in [7, 11) is 0. The number of aryl methyl sites for hydroxylation is 1. The molecule has 1 atom stereocenters. The van der Waals surface area contributed by atoms with Gasteiger partial charge in [0.05, 0.1) is 22.9 Å². The first-order valence-corrected chi connectivity index (χ1v) is 10.4. The molecule has 0 aliphatic carbocycles. The Morgan fingerprint density at radius 3 is 2.68 bits per heavy atom. The number of nitrogens with zero attached hydrogens (tertiary/aromatic N) is 2. The molecule has 28 heavy (non-hydrogen) atoms. The van der Waals surface area contributed by atoms with E-state index in [1.807, 2.05) is 42.6 Å². The highest BCUT2D eigenvalue weighted by Crippen LogP contribution is 2.37. The summed E-state index contributed by atoms with van der Waals surface area (Å²) in [4.78, 5) is 31.6. The van der Waals surface area contributed by atoms with Crippen LogP contribution < -0.4 is 9.64 Å². The van der Waals surface area contributed by atoms with Crippen LogP contribution in [0, 0.1) is 6.92 Å². The molecule has 1 aliphatic heterocycles. The van der Waals surface area contributed by atoms with Crippen LogP contribution in [0.25, 0.3) is 11.3 Å². The Kier molecular flexibility index (Phi) is 5.03. The molecule has 1 aromatic heterocycles. The highest BCUT2D eigenvalue weighted by atomic mass is 79.9. The Morgan fingerprint density at radius 1 is 1.25 bits per heavy atom. The number of fused-ring (bicyclic) bond motifs is 1. The molecule has 1 amide bonds. The van der Waals surface area contributed by atoms with Crippen molar-refractivity contribution >= 4 is 44.6 Å². The van der Waals surface area contributed by atoms with Crippen molar-refractivity contribution in [2.75, 3.05) is 11.4 Å². The zero-order valence-corrected chi connectivity index (χ0v) is 17.7. The fraction of sp³-hybridized carbons (Fsp3) is 0.190. The monoisotopic (exact) mass is 456 g/mol. The van der Waals surface area contributed by atoms with Crippen LogP contribution in [0.2, 0.25) is 0 Å². The molecule has 0 N–H and O–H groups in total. The van der Waals surface area contributed by atoms with Gasteiger partial charge in [-0.1, -0.05) is 28.1 Å². The molecule has 142 valence electrons. The van der Waals surface area contributed by atoms with Crippen molar-refractivity contribution in [3.05, 3.63) is 62.9 Å². The van der Waals surface area contributed by atoms with Crippen LogP contribution in [0.4, 0.5) is 5.69 Å². The first-order chi connectivity index (χ1) is 13.4. The van der Waals surface area contributed by atoms with Crippen molar-refractivity contribution < 1.29 is 14.3 Å². The molecule has 7 heteroatoms. The van der Waals surface area contributed by atoms with Crippen LogP contribution >= 0.6 is 27.3 Å². The Labute approximate surface area is 175 Å². The lowest BCUT2D eigenvalue weighted by Gasteiger charge is -2.33. The summed E-state index contributed by atoms with van der Waals surface area (Å²) < 4.78 is 6.64. The molecule has 2 heterocycles. The number of hydrogen-bond donors (Lipinski definition) is 0. The maximum absolute atomic E-state index is 12.8. The van der Waals surface area contributed by atoms with E-state index in [4.69, 9.17) is 4.74 Å². The molecule has 2 aromatic carbocycles. The summed E-state index contributed by atoms with van der Waals surface area (Å²) in [5.74, 6) is 0.229. The first-order valence-electron chi connectivity index (χ1n) is 8.76. The lowest BCUT2D eigenvalue weighted by Crippen LogP contribution is -2.46. The number of ether oxygens (including phenoxy) is 1. The van der Waals surface area contributed by atoms with Crippen LogP contribution in [-0.2, 0) is 4.79 Å². The Balaban J connectivity index is 1.70. The van der Waals surface area contributed by atoms with E-state index in [1.54, 1.807) is 30.4 Å². The summed E-state index contributed by atoms with van der Waals surface area (Å²) in [6, 6.07) is 12.7. The molecule has 0 bridgehead atoms. The molecule has 1 aliphatic rings. The SMILES string of the molecule is Cc1nc(-c2ccc3c(c2)N(CC(=O)c2ccc(Br)cc2)C(=O)C(C)O3)cs1. The third kappa shape index (κ3) is 3.59. The van der Waals surface area contributed by atoms with Crippen molar-refractivity contribution in [2.24, 2.45) is 0 Å². The van der Waals surface area contributed by atoms with E-state index in [9.17, 15) is 9.59 Å². The highest BCUT2D eigenvalue weighted by molar-refractivity contribution is 9.10. The van der Waals surface area contributed by atoms with Gasteiger partial charge in [0.1, 0.15) is 5.75 Å². The van der Waals surface area contributed by atoms with Gasteiger partial charge in [0, 0.05) is 21.0 Å². The minimum Gasteiger partial charge on any atom is -0.479 e. The zero-order chi connectivity index (χ0) is 19.8. The van der Waals surface area contributed by atoms with E-state index < -0.39 is 6.10 Å². The van der Waals surface area contributed by atoms with Gasteiger partial charge in [-0.2, -0.15) is 0 Å². The maximum Gasteiger partial charge on any atom is 0.268 e. The van der Waals surface area contributed by atoms with Crippen LogP contribution in [0.5, 0.6) is 5.75 Å². The van der Waals surface area contributed by atoms with E-state index in [0.717, 1.165) is 20.7 Å². The predicted octanol–water partition coefficient (Wildman–Crippen LogP) is 4.88. The quantitative estimate of drug-likeness (QED) is 0.525. The normalized spacial score (nSPS) is 15.9.